The number of piperazine rings is 1. The molecule has 0 unspecified atom stereocenters. The summed E-state index contributed by atoms with van der Waals surface area (Å²) in [4.78, 5) is 107. The van der Waals surface area contributed by atoms with Gasteiger partial charge in [0.05, 0.1) is 76.7 Å². The van der Waals surface area contributed by atoms with Crippen molar-refractivity contribution in [3.8, 4) is 39.5 Å². The number of aliphatic hydroxyl groups is 1. The lowest BCUT2D eigenvalue weighted by atomic mass is 9.73. The lowest BCUT2D eigenvalue weighted by molar-refractivity contribution is -0.124. The number of aromatic nitrogens is 4. The standard InChI is InChI=1S/C24H28N4O2S2.C21H22N4OS2.C20H20N4O2S2.C19H19N3O2S2/c1-16(2)27-24(17(3)29)10-12-28(13-11-24)20-8-5-4-7-18(20)25-22(30)19-15-32-23(26-19)21-9-6-14-31-21;26-19(16-12-28-20(24-16)18-6-3-11-27-18)23-15-4-1-2-5-17(15)25-9-7-21(8-10-25)13-22-14-21;1-13(25)14-4-5-17(24-8-6-21-7-9-24)15(11-14)22-19(26)16-12-28-20(23-16)18-3-2-10-27-18;23-13-7-9-22(10-8-13)16-5-2-1-4-14(16)20-18(24)15-12-26-19(21-15)17-6-3-11-25-17/h4-9,14-16,27H,10-13H2,1-3H3,(H,25,30);1-6,11-12,22H,7-10,13-14H2,(H,23,26);2-5,10-12,21H,6-9H2,1H3,(H,22,26);1-6,11-13,23H,7-10H2,(H,20,24). The number of para-hydroxylation sites is 6. The number of benzene rings is 4. The minimum atomic E-state index is -0.471. The van der Waals surface area contributed by atoms with Crippen LogP contribution in [0.5, 0.6) is 0 Å². The number of rotatable bonds is 20. The van der Waals surface area contributed by atoms with Gasteiger partial charge in [-0.25, -0.2) is 19.9 Å². The number of carbonyl (C=O) groups excluding carboxylic acids is 6. The van der Waals surface area contributed by atoms with E-state index in [9.17, 15) is 33.9 Å². The summed E-state index contributed by atoms with van der Waals surface area (Å²) in [5.41, 5.74) is 9.35. The summed E-state index contributed by atoms with van der Waals surface area (Å²) >= 11 is 12.4. The molecule has 4 amide bonds. The molecule has 17 rings (SSSR count). The van der Waals surface area contributed by atoms with Crippen LogP contribution in [-0.2, 0) is 4.79 Å². The smallest absolute Gasteiger partial charge is 0.275 e. The molecule has 8 N–H and O–H groups in total. The van der Waals surface area contributed by atoms with Crippen LogP contribution < -0.4 is 56.8 Å². The second-order valence-electron chi connectivity index (χ2n) is 28.7. The van der Waals surface area contributed by atoms with E-state index >= 15 is 0 Å². The molecular weight excluding hydrogens is 1590 g/mol. The molecule has 0 atom stereocenters. The number of aliphatic hydroxyl groups excluding tert-OH is 1. The van der Waals surface area contributed by atoms with E-state index in [2.05, 4.69) is 96.7 Å². The molecule has 1 spiro atoms. The third-order valence-electron chi connectivity index (χ3n) is 20.6. The number of carbonyl (C=O) groups is 6. The van der Waals surface area contributed by atoms with Gasteiger partial charge in [-0.15, -0.1) is 90.7 Å². The van der Waals surface area contributed by atoms with Crippen LogP contribution in [0.4, 0.5) is 45.5 Å². The van der Waals surface area contributed by atoms with Crippen molar-refractivity contribution in [2.45, 2.75) is 83.9 Å². The van der Waals surface area contributed by atoms with E-state index in [4.69, 9.17) is 0 Å². The van der Waals surface area contributed by atoms with Crippen LogP contribution in [0.25, 0.3) is 39.5 Å². The van der Waals surface area contributed by atoms with E-state index in [1.165, 1.54) is 65.1 Å². The Balaban J connectivity index is 0.000000126. The van der Waals surface area contributed by atoms with E-state index < -0.39 is 5.54 Å². The van der Waals surface area contributed by atoms with Crippen molar-refractivity contribution in [3.05, 3.63) is 211 Å². The van der Waals surface area contributed by atoms with Gasteiger partial charge in [-0.3, -0.25) is 28.8 Å². The zero-order valence-corrected chi connectivity index (χ0v) is 70.1. The summed E-state index contributed by atoms with van der Waals surface area (Å²) in [7, 11) is 0. The number of hydrogen-bond acceptors (Lipinski definition) is 26. The summed E-state index contributed by atoms with van der Waals surface area (Å²) in [5.74, 6) is -0.672. The Hall–Kier alpha value is -9.54. The van der Waals surface area contributed by atoms with Gasteiger partial charge in [0.25, 0.3) is 23.6 Å². The summed E-state index contributed by atoms with van der Waals surface area (Å²) in [6.45, 7) is 18.2. The maximum atomic E-state index is 12.9. The maximum absolute atomic E-state index is 12.9. The van der Waals surface area contributed by atoms with Gasteiger partial charge >= 0.3 is 0 Å². The van der Waals surface area contributed by atoms with Gasteiger partial charge in [0.15, 0.2) is 5.78 Å². The lowest BCUT2D eigenvalue weighted by Gasteiger charge is -2.49. The van der Waals surface area contributed by atoms with E-state index in [-0.39, 0.29) is 47.3 Å². The largest absolute Gasteiger partial charge is 0.393 e. The van der Waals surface area contributed by atoms with Crippen LogP contribution >= 0.6 is 90.7 Å². The fourth-order valence-corrected chi connectivity index (χ4v) is 20.8. The van der Waals surface area contributed by atoms with Crippen molar-refractivity contribution in [3.63, 3.8) is 0 Å². The third kappa shape index (κ3) is 20.0. The molecule has 22 nitrogen and oxygen atoms in total. The summed E-state index contributed by atoms with van der Waals surface area (Å²) in [5, 5.41) is 50.7. The molecule has 5 fully saturated rings. The van der Waals surface area contributed by atoms with Crippen LogP contribution in [0, 0.1) is 5.41 Å². The number of piperidine rings is 3. The van der Waals surface area contributed by atoms with Crippen molar-refractivity contribution in [2.75, 3.05) is 119 Å². The van der Waals surface area contributed by atoms with Crippen LogP contribution in [0.2, 0.25) is 0 Å². The molecule has 12 aromatic rings. The zero-order chi connectivity index (χ0) is 79.1. The fourth-order valence-electron chi connectivity index (χ4n) is 14.4. The number of Topliss-reactive ketones (excluding diaryl/α,β-unsaturated/α-hetero) is 2. The highest BCUT2D eigenvalue weighted by Crippen LogP contribution is 2.41. The van der Waals surface area contributed by atoms with Crippen LogP contribution in [0.3, 0.4) is 0 Å². The minimum Gasteiger partial charge on any atom is -0.393 e. The molecule has 13 heterocycles. The molecule has 114 heavy (non-hydrogen) atoms. The van der Waals surface area contributed by atoms with Crippen molar-refractivity contribution in [2.24, 2.45) is 5.41 Å². The molecule has 590 valence electrons. The Morgan fingerprint density at radius 2 is 0.772 bits per heavy atom. The van der Waals surface area contributed by atoms with Crippen LogP contribution in [0.1, 0.15) is 119 Å². The molecular formula is C84H89N15O7S8. The van der Waals surface area contributed by atoms with Gasteiger partial charge in [-0.05, 0) is 172 Å². The van der Waals surface area contributed by atoms with E-state index in [0.29, 0.717) is 39.4 Å². The Morgan fingerprint density at radius 1 is 0.421 bits per heavy atom. The topological polar surface area (TPSA) is 271 Å². The predicted octanol–water partition coefficient (Wildman–Crippen LogP) is 17.2. The molecule has 30 heteroatoms. The number of thiophene rings is 4. The number of hydrogen-bond donors (Lipinski definition) is 8. The summed E-state index contributed by atoms with van der Waals surface area (Å²) < 4.78 is 0. The number of thiazole rings is 4. The molecule has 5 saturated heterocycles. The highest BCUT2D eigenvalue weighted by molar-refractivity contribution is 7.21. The molecule has 0 aliphatic carbocycles. The molecule has 5 aliphatic rings. The fraction of sp³-hybridized carbons (Fsp3) is 0.310. The van der Waals surface area contributed by atoms with Crippen molar-refractivity contribution in [1.82, 2.24) is 35.9 Å². The van der Waals surface area contributed by atoms with Crippen molar-refractivity contribution < 1.29 is 33.9 Å². The quantitative estimate of drug-likeness (QED) is 0.0329. The second-order valence-corrected chi connectivity index (χ2v) is 35.9. The summed E-state index contributed by atoms with van der Waals surface area (Å²) in [6.07, 6.45) is 5.16. The molecule has 0 bridgehead atoms. The van der Waals surface area contributed by atoms with Gasteiger partial charge in [0.1, 0.15) is 48.6 Å². The predicted molar refractivity (Wildman–Crippen MR) is 472 cm³/mol. The molecule has 4 aromatic carbocycles. The first-order chi connectivity index (χ1) is 55.4. The molecule has 5 aliphatic heterocycles. The van der Waals surface area contributed by atoms with Crippen molar-refractivity contribution >= 4 is 171 Å². The molecule has 0 radical (unpaired) electrons. The number of anilines is 8. The zero-order valence-electron chi connectivity index (χ0n) is 63.5. The van der Waals surface area contributed by atoms with Gasteiger partial charge in [-0.1, -0.05) is 60.7 Å². The average Bonchev–Trinajstić information content (AvgIpc) is 1.47. The van der Waals surface area contributed by atoms with Gasteiger partial charge in [-0.2, -0.15) is 0 Å². The highest BCUT2D eigenvalue weighted by Gasteiger charge is 2.41. The minimum absolute atomic E-state index is 0.0315. The van der Waals surface area contributed by atoms with Crippen LogP contribution in [-0.4, -0.2) is 156 Å². The Kier molecular flexibility index (Phi) is 26.9. The first kappa shape index (κ1) is 81.0. The number of ketones is 2. The lowest BCUT2D eigenvalue weighted by Crippen LogP contribution is -2.59. The first-order valence-electron chi connectivity index (χ1n) is 38.0. The van der Waals surface area contributed by atoms with E-state index in [0.717, 1.165) is 184 Å². The number of nitrogens with zero attached hydrogens (tertiary/aromatic N) is 8. The molecule has 0 saturated carbocycles. The Bertz CT molecular complexity index is 5210. The Morgan fingerprint density at radius 3 is 1.11 bits per heavy atom. The number of nitrogens with one attached hydrogen (secondary N) is 7. The SMILES string of the molecule is CC(=O)C1(NC(C)C)CCN(c2ccccc2NC(=O)c2csc(-c3cccs3)n2)CC1.CC(=O)c1ccc(N2CCNCC2)c(NC(=O)c2csc(-c3cccs3)n2)c1.O=C(Nc1ccccc1N1CCC(O)CC1)c1csc(-c2cccs2)n1.O=C(Nc1ccccc1N1CCC2(CC1)CNC2)c1csc(-c2cccs2)n1. The van der Waals surface area contributed by atoms with Gasteiger partial charge in [0.2, 0.25) is 0 Å². The first-order valence-corrected chi connectivity index (χ1v) is 45.0. The normalized spacial score (nSPS) is 15.8. The maximum Gasteiger partial charge on any atom is 0.275 e. The third-order valence-corrected chi connectivity index (χ3v) is 28.1. The highest BCUT2D eigenvalue weighted by atomic mass is 32.1. The monoisotopic (exact) mass is 1680 g/mol. The van der Waals surface area contributed by atoms with Crippen LogP contribution in [0.15, 0.2) is 183 Å². The number of amides is 4. The van der Waals surface area contributed by atoms with E-state index in [1.807, 2.05) is 154 Å². The summed E-state index contributed by atoms with van der Waals surface area (Å²) in [6, 6.07) is 45.4. The van der Waals surface area contributed by atoms with Gasteiger partial charge < -0.3 is 61.9 Å². The molecule has 8 aromatic heterocycles. The van der Waals surface area contributed by atoms with E-state index in [1.54, 1.807) is 74.5 Å². The van der Waals surface area contributed by atoms with Gasteiger partial charge in [0, 0.05) is 112 Å². The van der Waals surface area contributed by atoms with Crippen molar-refractivity contribution in [1.29, 1.82) is 0 Å². The second kappa shape index (κ2) is 37.8. The Labute approximate surface area is 694 Å². The average molecular weight is 1680 g/mol.